The second-order valence-electron chi connectivity index (χ2n) is 16.1. The van der Waals surface area contributed by atoms with Crippen LogP contribution in [0.3, 0.4) is 0 Å². The van der Waals surface area contributed by atoms with Crippen molar-refractivity contribution in [2.45, 2.75) is 87.2 Å². The second-order valence-corrected chi connectivity index (χ2v) is 20.0. The van der Waals surface area contributed by atoms with Gasteiger partial charge in [0.15, 0.2) is 6.61 Å². The molecule has 4 atom stereocenters. The zero-order valence-corrected chi connectivity index (χ0v) is 35.6. The highest BCUT2D eigenvalue weighted by Crippen LogP contribution is 2.50. The summed E-state index contributed by atoms with van der Waals surface area (Å²) in [4.78, 5) is 12.0. The summed E-state index contributed by atoms with van der Waals surface area (Å²) in [6.45, 7) is 10.9. The Morgan fingerprint density at radius 1 is 0.914 bits per heavy atom. The van der Waals surface area contributed by atoms with Crippen molar-refractivity contribution in [2.24, 2.45) is 11.8 Å². The Bertz CT molecular complexity index is 2250. The van der Waals surface area contributed by atoms with E-state index in [1.807, 2.05) is 73.7 Å². The van der Waals surface area contributed by atoms with E-state index in [0.717, 1.165) is 28.7 Å². The predicted octanol–water partition coefficient (Wildman–Crippen LogP) is 8.05. The molecule has 0 radical (unpaired) electrons. The van der Waals surface area contributed by atoms with Crippen molar-refractivity contribution in [3.05, 3.63) is 137 Å². The number of nitrogens with zero attached hydrogens (tertiary/aromatic N) is 2. The van der Waals surface area contributed by atoms with E-state index in [2.05, 4.69) is 20.4 Å². The van der Waals surface area contributed by atoms with E-state index in [-0.39, 0.29) is 39.4 Å². The maximum Gasteiger partial charge on any atom is 0.341 e. The zero-order chi connectivity index (χ0) is 41.6. The molecule has 4 aromatic rings. The lowest BCUT2D eigenvalue weighted by Crippen LogP contribution is -2.37. The molecular weight excluding hydrogens is 773 g/mol. The smallest absolute Gasteiger partial charge is 0.341 e. The highest BCUT2D eigenvalue weighted by molar-refractivity contribution is 7.89. The molecule has 1 saturated heterocycles. The molecular formula is C46H56N2O8S2. The Balaban J connectivity index is 1.27. The van der Waals surface area contributed by atoms with Crippen LogP contribution in [0, 0.1) is 11.8 Å². The Hall–Kier alpha value is -4.33. The maximum absolute atomic E-state index is 14.3. The van der Waals surface area contributed by atoms with Crippen LogP contribution >= 0.6 is 0 Å². The van der Waals surface area contributed by atoms with Gasteiger partial charge in [-0.15, -0.1) is 0 Å². The van der Waals surface area contributed by atoms with Gasteiger partial charge in [0.1, 0.15) is 5.75 Å². The molecule has 1 fully saturated rings. The van der Waals surface area contributed by atoms with Crippen LogP contribution in [0.5, 0.6) is 5.75 Å². The minimum absolute atomic E-state index is 0.0876. The van der Waals surface area contributed by atoms with Crippen LogP contribution in [0.25, 0.3) is 0 Å². The van der Waals surface area contributed by atoms with Crippen molar-refractivity contribution >= 4 is 26.0 Å². The number of rotatable bonds is 16. The zero-order valence-electron chi connectivity index (χ0n) is 33.9. The number of fused-ring (bicyclic) bond motifs is 1. The van der Waals surface area contributed by atoms with E-state index < -0.39 is 38.7 Å². The monoisotopic (exact) mass is 828 g/mol. The minimum Gasteiger partial charge on any atom is -0.482 e. The summed E-state index contributed by atoms with van der Waals surface area (Å²) in [7, 11) is -6.05. The van der Waals surface area contributed by atoms with Crippen molar-refractivity contribution in [3.8, 4) is 5.75 Å². The molecule has 1 N–H and O–H groups in total. The largest absolute Gasteiger partial charge is 0.482 e. The van der Waals surface area contributed by atoms with Crippen molar-refractivity contribution in [3.63, 3.8) is 0 Å². The number of carboxylic acid groups (broad SMARTS) is 1. The third-order valence-corrected chi connectivity index (χ3v) is 15.2. The normalized spacial score (nSPS) is 20.4. The highest BCUT2D eigenvalue weighted by atomic mass is 32.2. The van der Waals surface area contributed by atoms with Crippen LogP contribution in [0.1, 0.15) is 79.9 Å². The van der Waals surface area contributed by atoms with Crippen molar-refractivity contribution in [1.82, 2.24) is 8.61 Å². The quantitative estimate of drug-likeness (QED) is 0.112. The van der Waals surface area contributed by atoms with Crippen LogP contribution in [-0.4, -0.2) is 75.9 Å². The van der Waals surface area contributed by atoms with Gasteiger partial charge in [-0.25, -0.2) is 25.9 Å². The number of carboxylic acids is 1. The molecule has 2 aliphatic heterocycles. The molecule has 2 heterocycles. The molecule has 58 heavy (non-hydrogen) atoms. The molecule has 0 aliphatic carbocycles. The van der Waals surface area contributed by atoms with Gasteiger partial charge in [0.25, 0.3) is 0 Å². The molecule has 2 aliphatic rings. The molecule has 0 bridgehead atoms. The third kappa shape index (κ3) is 10.1. The number of benzene rings is 4. The number of hydrogen-bond donors (Lipinski definition) is 1. The van der Waals surface area contributed by atoms with Gasteiger partial charge in [-0.3, -0.25) is 0 Å². The lowest BCUT2D eigenvalue weighted by Gasteiger charge is -2.43. The molecule has 6 rings (SSSR count). The summed E-state index contributed by atoms with van der Waals surface area (Å²) in [5.41, 5.74) is 5.65. The first-order valence-corrected chi connectivity index (χ1v) is 23.0. The van der Waals surface area contributed by atoms with Crippen LogP contribution in [0.15, 0.2) is 119 Å². The Kier molecular flexibility index (Phi) is 14.0. The Morgan fingerprint density at radius 3 is 2.14 bits per heavy atom. The van der Waals surface area contributed by atoms with Gasteiger partial charge >= 0.3 is 5.97 Å². The second kappa shape index (κ2) is 18.7. The summed E-state index contributed by atoms with van der Waals surface area (Å²) in [6, 6.07) is 29.7. The van der Waals surface area contributed by atoms with Crippen LogP contribution in [0.4, 0.5) is 0 Å². The molecule has 0 spiro atoms. The standard InChI is InChI=1S/C46H56N2O8S2/c1-32(2)28-44-41(37-17-19-38(20-18-37)57(51,52)47(5)25-11-14-34-12-7-6-8-13-34)30-40(33(3)4)46(56-44)42-29-39(21-22-43(42)55-31-45(49)50)58(53,54)48-26-23-35-15-9-10-16-36(35)24-27-48/h6-10,12-13,15-22,29,32,40-41,44,46H,3,11,14,23-28,30-31H2,1-2,4-5H3,(H,49,50)/t40-,41-,44+,46+/m0/s1. The number of aliphatic carboxylic acids is 1. The van der Waals surface area contributed by atoms with Gasteiger partial charge in [-0.05, 0) is 104 Å². The van der Waals surface area contributed by atoms with Crippen LogP contribution < -0.4 is 4.74 Å². The van der Waals surface area contributed by atoms with E-state index in [0.29, 0.717) is 57.3 Å². The molecule has 12 heteroatoms. The highest BCUT2D eigenvalue weighted by Gasteiger charge is 2.42. The fourth-order valence-corrected chi connectivity index (χ4v) is 11.0. The van der Waals surface area contributed by atoms with Gasteiger partial charge in [-0.1, -0.05) is 92.7 Å². The number of aryl methyl sites for hydroxylation is 1. The van der Waals surface area contributed by atoms with Gasteiger partial charge in [0, 0.05) is 44.1 Å². The van der Waals surface area contributed by atoms with Crippen LogP contribution in [0.2, 0.25) is 0 Å². The van der Waals surface area contributed by atoms with E-state index in [9.17, 15) is 26.7 Å². The van der Waals surface area contributed by atoms with Crippen molar-refractivity contribution in [2.75, 3.05) is 33.3 Å². The molecule has 0 saturated carbocycles. The fraction of sp³-hybridized carbons (Fsp3) is 0.413. The molecule has 4 aromatic carbocycles. The Labute approximate surface area is 344 Å². The SMILES string of the molecule is C=C(C)[C@@H]1C[C@@H](c2ccc(S(=O)(=O)N(C)CCCc3ccccc3)cc2)[C@@H](CC(C)C)O[C@H]1c1cc(S(=O)(=O)N2CCc3ccccc3CC2)ccc1OCC(=O)O. The number of hydrogen-bond acceptors (Lipinski definition) is 7. The number of carbonyl (C=O) groups is 1. The van der Waals surface area contributed by atoms with Crippen molar-refractivity contribution < 1.29 is 36.2 Å². The predicted molar refractivity (Wildman–Crippen MR) is 226 cm³/mol. The molecule has 310 valence electrons. The lowest BCUT2D eigenvalue weighted by atomic mass is 9.74. The fourth-order valence-electron chi connectivity index (χ4n) is 8.27. The first kappa shape index (κ1) is 43.3. The number of sulfonamides is 2. The van der Waals surface area contributed by atoms with E-state index in [4.69, 9.17) is 9.47 Å². The minimum atomic E-state index is -3.95. The summed E-state index contributed by atoms with van der Waals surface area (Å²) < 4.78 is 71.6. The summed E-state index contributed by atoms with van der Waals surface area (Å²) >= 11 is 0. The summed E-state index contributed by atoms with van der Waals surface area (Å²) in [5, 5.41) is 9.54. The maximum atomic E-state index is 14.3. The van der Waals surface area contributed by atoms with E-state index in [1.54, 1.807) is 25.2 Å². The lowest BCUT2D eigenvalue weighted by molar-refractivity contribution is -0.139. The topological polar surface area (TPSA) is 131 Å². The summed E-state index contributed by atoms with van der Waals surface area (Å²) in [6.07, 6.45) is 2.92. The first-order valence-electron chi connectivity index (χ1n) is 20.1. The third-order valence-electron chi connectivity index (χ3n) is 11.4. The van der Waals surface area contributed by atoms with Gasteiger partial charge in [0.2, 0.25) is 20.0 Å². The van der Waals surface area contributed by atoms with Gasteiger partial charge in [0.05, 0.1) is 22.0 Å². The molecule has 0 aromatic heterocycles. The van der Waals surface area contributed by atoms with Crippen molar-refractivity contribution in [1.29, 1.82) is 0 Å². The van der Waals surface area contributed by atoms with Gasteiger partial charge < -0.3 is 14.6 Å². The summed E-state index contributed by atoms with van der Waals surface area (Å²) in [5.74, 6) is -1.11. The molecule has 0 unspecified atom stereocenters. The van der Waals surface area contributed by atoms with E-state index in [1.165, 1.54) is 26.3 Å². The average Bonchev–Trinajstić information content (AvgIpc) is 3.43. The molecule has 0 amide bonds. The van der Waals surface area contributed by atoms with Gasteiger partial charge in [-0.2, -0.15) is 4.31 Å². The van der Waals surface area contributed by atoms with Crippen LogP contribution in [-0.2, 0) is 48.8 Å². The average molecular weight is 829 g/mol. The Morgan fingerprint density at radius 2 is 1.53 bits per heavy atom. The first-order chi connectivity index (χ1) is 27.6. The number of ether oxygens (including phenoxy) is 2. The molecule has 10 nitrogen and oxygen atoms in total. The van der Waals surface area contributed by atoms with E-state index >= 15 is 0 Å².